The van der Waals surface area contributed by atoms with Crippen LogP contribution in [-0.2, 0) is 16.0 Å². The van der Waals surface area contributed by atoms with Crippen molar-refractivity contribution in [2.45, 2.75) is 12.5 Å². The van der Waals surface area contributed by atoms with Gasteiger partial charge in [-0.2, -0.15) is 0 Å². The Balaban J connectivity index is 1.80. The van der Waals surface area contributed by atoms with E-state index >= 15 is 0 Å². The normalized spacial score (nSPS) is 20.2. The summed E-state index contributed by atoms with van der Waals surface area (Å²) in [5, 5.41) is 0. The van der Waals surface area contributed by atoms with Gasteiger partial charge in [-0.15, -0.1) is 0 Å². The van der Waals surface area contributed by atoms with Crippen molar-refractivity contribution in [2.75, 3.05) is 9.80 Å². The quantitative estimate of drug-likeness (QED) is 0.757. The van der Waals surface area contributed by atoms with E-state index in [2.05, 4.69) is 6.58 Å². The third kappa shape index (κ3) is 1.64. The minimum atomic E-state index is -0.476. The molecule has 2 amide bonds. The molecule has 108 valence electrons. The molecule has 0 radical (unpaired) electrons. The van der Waals surface area contributed by atoms with Gasteiger partial charge in [-0.3, -0.25) is 19.4 Å². The van der Waals surface area contributed by atoms with Crippen LogP contribution in [0.15, 0.2) is 66.9 Å². The van der Waals surface area contributed by atoms with Crippen molar-refractivity contribution >= 4 is 23.2 Å². The van der Waals surface area contributed by atoms with E-state index in [1.165, 1.54) is 4.90 Å². The predicted octanol–water partition coefficient (Wildman–Crippen LogP) is 2.50. The van der Waals surface area contributed by atoms with Crippen LogP contribution in [0.3, 0.4) is 0 Å². The van der Waals surface area contributed by atoms with Gasteiger partial charge in [0.1, 0.15) is 11.7 Å². The van der Waals surface area contributed by atoms with Crippen LogP contribution in [0.4, 0.5) is 11.4 Å². The number of benzene rings is 2. The van der Waals surface area contributed by atoms with E-state index in [1.807, 2.05) is 54.6 Å². The lowest BCUT2D eigenvalue weighted by Gasteiger charge is -2.37. The van der Waals surface area contributed by atoms with Crippen molar-refractivity contribution in [3.63, 3.8) is 0 Å². The van der Waals surface area contributed by atoms with E-state index in [0.717, 1.165) is 11.3 Å². The Hall–Kier alpha value is -2.88. The number of nitrogens with zero attached hydrogens (tertiary/aromatic N) is 2. The van der Waals surface area contributed by atoms with Crippen LogP contribution in [0.25, 0.3) is 0 Å². The molecule has 2 heterocycles. The first-order valence-electron chi connectivity index (χ1n) is 7.18. The van der Waals surface area contributed by atoms with Crippen LogP contribution in [0.5, 0.6) is 0 Å². The summed E-state index contributed by atoms with van der Waals surface area (Å²) in [7, 11) is 0. The summed E-state index contributed by atoms with van der Waals surface area (Å²) in [5.74, 6) is -0.314. The standard InChI is InChI=1S/C18H14N2O2/c1-12-17(21)20-15-10-6-5-7-13(15)11-16(20)18(22)19(12)14-8-3-2-4-9-14/h2-10,16H,1,11H2/t16-/m1/s1. The highest BCUT2D eigenvalue weighted by molar-refractivity contribution is 6.23. The molecule has 0 unspecified atom stereocenters. The number of para-hydroxylation sites is 2. The van der Waals surface area contributed by atoms with Gasteiger partial charge in [0, 0.05) is 17.8 Å². The maximum Gasteiger partial charge on any atom is 0.275 e. The smallest absolute Gasteiger partial charge is 0.275 e. The molecule has 22 heavy (non-hydrogen) atoms. The van der Waals surface area contributed by atoms with E-state index in [0.29, 0.717) is 12.1 Å². The first-order valence-corrected chi connectivity index (χ1v) is 7.18. The van der Waals surface area contributed by atoms with E-state index in [-0.39, 0.29) is 17.5 Å². The fraction of sp³-hybridized carbons (Fsp3) is 0.111. The second-order valence-electron chi connectivity index (χ2n) is 5.48. The Labute approximate surface area is 128 Å². The molecule has 4 nitrogen and oxygen atoms in total. The number of anilines is 2. The number of hydrogen-bond donors (Lipinski definition) is 0. The summed E-state index contributed by atoms with van der Waals surface area (Å²) in [5.41, 5.74) is 2.72. The van der Waals surface area contributed by atoms with Crippen molar-refractivity contribution in [3.05, 3.63) is 72.4 Å². The van der Waals surface area contributed by atoms with Gasteiger partial charge in [0.15, 0.2) is 0 Å². The molecular weight excluding hydrogens is 276 g/mol. The fourth-order valence-corrected chi connectivity index (χ4v) is 3.21. The van der Waals surface area contributed by atoms with Crippen molar-refractivity contribution in [3.8, 4) is 0 Å². The SMILES string of the molecule is C=C1C(=O)N2c3ccccc3C[C@@H]2C(=O)N1c1ccccc1. The number of piperazine rings is 1. The van der Waals surface area contributed by atoms with E-state index in [4.69, 9.17) is 0 Å². The average molecular weight is 290 g/mol. The molecule has 0 saturated carbocycles. The molecule has 1 fully saturated rings. The molecular formula is C18H14N2O2. The molecule has 4 rings (SSSR count). The Morgan fingerprint density at radius 3 is 2.41 bits per heavy atom. The highest BCUT2D eigenvalue weighted by Crippen LogP contribution is 2.38. The Morgan fingerprint density at radius 1 is 0.955 bits per heavy atom. The number of carbonyl (C=O) groups is 2. The number of carbonyl (C=O) groups excluding carboxylic acids is 2. The number of rotatable bonds is 1. The zero-order valence-corrected chi connectivity index (χ0v) is 11.9. The molecule has 2 aromatic rings. The zero-order chi connectivity index (χ0) is 15.3. The summed E-state index contributed by atoms with van der Waals surface area (Å²) in [6, 6.07) is 16.4. The van der Waals surface area contributed by atoms with Crippen molar-refractivity contribution < 1.29 is 9.59 Å². The van der Waals surface area contributed by atoms with E-state index in [9.17, 15) is 9.59 Å². The second kappa shape index (κ2) is 4.56. The minimum absolute atomic E-state index is 0.105. The molecule has 0 aromatic heterocycles. The minimum Gasteiger partial charge on any atom is -0.294 e. The second-order valence-corrected chi connectivity index (χ2v) is 5.48. The highest BCUT2D eigenvalue weighted by atomic mass is 16.2. The highest BCUT2D eigenvalue weighted by Gasteiger charge is 2.47. The fourth-order valence-electron chi connectivity index (χ4n) is 3.21. The largest absolute Gasteiger partial charge is 0.294 e. The van der Waals surface area contributed by atoms with Crippen molar-refractivity contribution in [1.29, 1.82) is 0 Å². The monoisotopic (exact) mass is 290 g/mol. The summed E-state index contributed by atoms with van der Waals surface area (Å²) in [4.78, 5) is 28.7. The maximum atomic E-state index is 12.9. The number of fused-ring (bicyclic) bond motifs is 3. The summed E-state index contributed by atoms with van der Waals surface area (Å²) in [6.07, 6.45) is 0.553. The van der Waals surface area contributed by atoms with Gasteiger partial charge in [0.05, 0.1) is 0 Å². The molecule has 0 spiro atoms. The van der Waals surface area contributed by atoms with Crippen LogP contribution in [0.1, 0.15) is 5.56 Å². The zero-order valence-electron chi connectivity index (χ0n) is 11.9. The van der Waals surface area contributed by atoms with Gasteiger partial charge in [-0.1, -0.05) is 43.0 Å². The lowest BCUT2D eigenvalue weighted by molar-refractivity contribution is -0.126. The van der Waals surface area contributed by atoms with Gasteiger partial charge >= 0.3 is 0 Å². The lowest BCUT2D eigenvalue weighted by Crippen LogP contribution is -2.57. The van der Waals surface area contributed by atoms with Gasteiger partial charge in [0.25, 0.3) is 11.8 Å². The van der Waals surface area contributed by atoms with E-state index < -0.39 is 6.04 Å². The molecule has 4 heteroatoms. The predicted molar refractivity (Wildman–Crippen MR) is 84.5 cm³/mol. The molecule has 1 saturated heterocycles. The third-order valence-corrected chi connectivity index (χ3v) is 4.23. The summed E-state index contributed by atoms with van der Waals surface area (Å²) < 4.78 is 0. The van der Waals surface area contributed by atoms with Crippen LogP contribution in [0.2, 0.25) is 0 Å². The molecule has 0 bridgehead atoms. The number of amides is 2. The lowest BCUT2D eigenvalue weighted by atomic mass is 10.1. The topological polar surface area (TPSA) is 40.6 Å². The molecule has 0 aliphatic carbocycles. The molecule has 0 N–H and O–H groups in total. The molecule has 2 aromatic carbocycles. The Morgan fingerprint density at radius 2 is 1.64 bits per heavy atom. The van der Waals surface area contributed by atoms with Gasteiger partial charge in [-0.05, 0) is 23.8 Å². The number of hydrogen-bond acceptors (Lipinski definition) is 2. The van der Waals surface area contributed by atoms with Gasteiger partial charge in [-0.25, -0.2) is 0 Å². The molecule has 2 aliphatic heterocycles. The average Bonchev–Trinajstić information content (AvgIpc) is 2.94. The summed E-state index contributed by atoms with van der Waals surface area (Å²) in [6.45, 7) is 3.85. The maximum absolute atomic E-state index is 12.9. The Bertz CT molecular complexity index is 798. The van der Waals surface area contributed by atoms with Crippen LogP contribution in [0, 0.1) is 0 Å². The van der Waals surface area contributed by atoms with Gasteiger partial charge in [0.2, 0.25) is 0 Å². The molecule has 2 aliphatic rings. The first-order chi connectivity index (χ1) is 10.7. The molecule has 1 atom stereocenters. The van der Waals surface area contributed by atoms with Crippen LogP contribution >= 0.6 is 0 Å². The van der Waals surface area contributed by atoms with Crippen molar-refractivity contribution in [2.24, 2.45) is 0 Å². The Kier molecular flexibility index (Phi) is 2.66. The van der Waals surface area contributed by atoms with Gasteiger partial charge < -0.3 is 0 Å². The van der Waals surface area contributed by atoms with Crippen LogP contribution < -0.4 is 9.80 Å². The summed E-state index contributed by atoms with van der Waals surface area (Å²) >= 11 is 0. The van der Waals surface area contributed by atoms with Crippen molar-refractivity contribution in [1.82, 2.24) is 0 Å². The third-order valence-electron chi connectivity index (χ3n) is 4.23. The van der Waals surface area contributed by atoms with E-state index in [1.54, 1.807) is 4.90 Å². The first kappa shape index (κ1) is 12.8. The van der Waals surface area contributed by atoms with Crippen LogP contribution in [-0.4, -0.2) is 17.9 Å².